The highest BCUT2D eigenvalue weighted by Crippen LogP contribution is 2.35. The molecule has 0 atom stereocenters. The third-order valence-corrected chi connectivity index (χ3v) is 3.76. The fourth-order valence-corrected chi connectivity index (χ4v) is 2.53. The van der Waals surface area contributed by atoms with Crippen LogP contribution < -0.4 is 14.2 Å². The molecule has 0 saturated heterocycles. The molecule has 122 valence electrons. The summed E-state index contributed by atoms with van der Waals surface area (Å²) in [6.45, 7) is 0. The first-order chi connectivity index (χ1) is 11.8. The molecule has 3 rings (SSSR count). The minimum Gasteiger partial charge on any atom is -0.496 e. The van der Waals surface area contributed by atoms with E-state index in [0.29, 0.717) is 17.2 Å². The topological polar surface area (TPSA) is 53.5 Å². The first kappa shape index (κ1) is 15.8. The van der Waals surface area contributed by atoms with Crippen molar-refractivity contribution in [3.8, 4) is 17.2 Å². The zero-order valence-electron chi connectivity index (χ0n) is 13.8. The maximum absolute atomic E-state index is 5.47. The molecule has 5 heteroatoms. The number of methoxy groups -OCH3 is 3. The van der Waals surface area contributed by atoms with Gasteiger partial charge in [-0.25, -0.2) is 0 Å². The van der Waals surface area contributed by atoms with E-state index in [9.17, 15) is 0 Å². The van der Waals surface area contributed by atoms with Crippen molar-refractivity contribution in [3.05, 3.63) is 53.7 Å². The number of rotatable bonds is 5. The van der Waals surface area contributed by atoms with Crippen molar-refractivity contribution in [2.45, 2.75) is 0 Å². The first-order valence-corrected chi connectivity index (χ1v) is 7.45. The van der Waals surface area contributed by atoms with E-state index in [2.05, 4.69) is 10.2 Å². The van der Waals surface area contributed by atoms with Crippen LogP contribution in [0.2, 0.25) is 0 Å². The quantitative estimate of drug-likeness (QED) is 0.714. The fourth-order valence-electron chi connectivity index (χ4n) is 2.53. The van der Waals surface area contributed by atoms with E-state index < -0.39 is 0 Å². The molecule has 0 radical (unpaired) electrons. The van der Waals surface area contributed by atoms with E-state index >= 15 is 0 Å². The van der Waals surface area contributed by atoms with Crippen LogP contribution in [0.1, 0.15) is 11.1 Å². The van der Waals surface area contributed by atoms with E-state index in [1.807, 2.05) is 48.6 Å². The molecule has 0 saturated carbocycles. The summed E-state index contributed by atoms with van der Waals surface area (Å²) in [6.07, 6.45) is 5.66. The maximum Gasteiger partial charge on any atom is 0.133 e. The van der Waals surface area contributed by atoms with Gasteiger partial charge in [0.2, 0.25) is 0 Å². The zero-order valence-corrected chi connectivity index (χ0v) is 13.8. The highest BCUT2D eigenvalue weighted by molar-refractivity contribution is 5.90. The van der Waals surface area contributed by atoms with Crippen LogP contribution in [-0.2, 0) is 0 Å². The monoisotopic (exact) mass is 322 g/mol. The number of benzene rings is 2. The van der Waals surface area contributed by atoms with Crippen LogP contribution in [0.3, 0.4) is 0 Å². The molecular formula is C19H18N2O3. The second kappa shape index (κ2) is 7.00. The first-order valence-electron chi connectivity index (χ1n) is 7.45. The second-order valence-electron chi connectivity index (χ2n) is 5.10. The Hall–Kier alpha value is -3.08. The number of aromatic nitrogens is 2. The maximum atomic E-state index is 5.47. The molecule has 0 aliphatic heterocycles. The molecule has 0 amide bonds. The van der Waals surface area contributed by atoms with Gasteiger partial charge < -0.3 is 14.2 Å². The van der Waals surface area contributed by atoms with E-state index in [0.717, 1.165) is 22.0 Å². The number of ether oxygens (including phenoxy) is 3. The van der Waals surface area contributed by atoms with Gasteiger partial charge in [0.15, 0.2) is 0 Å². The van der Waals surface area contributed by atoms with Crippen LogP contribution in [0.5, 0.6) is 17.2 Å². The summed E-state index contributed by atoms with van der Waals surface area (Å²) >= 11 is 0. The lowest BCUT2D eigenvalue weighted by Gasteiger charge is -2.12. The minimum atomic E-state index is 0.675. The second-order valence-corrected chi connectivity index (χ2v) is 5.10. The van der Waals surface area contributed by atoms with Crippen molar-refractivity contribution in [2.24, 2.45) is 0 Å². The van der Waals surface area contributed by atoms with Gasteiger partial charge in [0, 0.05) is 23.1 Å². The van der Waals surface area contributed by atoms with Crippen molar-refractivity contribution in [1.82, 2.24) is 10.2 Å². The third kappa shape index (κ3) is 3.01. The third-order valence-electron chi connectivity index (χ3n) is 3.76. The minimum absolute atomic E-state index is 0.675. The lowest BCUT2D eigenvalue weighted by atomic mass is 10.1. The highest BCUT2D eigenvalue weighted by Gasteiger charge is 2.11. The Morgan fingerprint density at radius 1 is 0.875 bits per heavy atom. The fraction of sp³-hybridized carbons (Fsp3) is 0.158. The SMILES string of the molecule is COc1cc(OC)c(/C=C\c2cnnc3ccccc23)c(OC)c1. The van der Waals surface area contributed by atoms with Gasteiger partial charge in [-0.15, -0.1) is 0 Å². The van der Waals surface area contributed by atoms with E-state index in [1.165, 1.54) is 0 Å². The van der Waals surface area contributed by atoms with E-state index in [1.54, 1.807) is 27.5 Å². The van der Waals surface area contributed by atoms with Gasteiger partial charge in [-0.2, -0.15) is 10.2 Å². The molecule has 24 heavy (non-hydrogen) atoms. The lowest BCUT2D eigenvalue weighted by molar-refractivity contribution is 0.374. The Balaban J connectivity index is 2.08. The molecule has 0 aliphatic rings. The van der Waals surface area contributed by atoms with Gasteiger partial charge >= 0.3 is 0 Å². The molecule has 0 fully saturated rings. The molecule has 0 unspecified atom stereocenters. The number of hydrogen-bond acceptors (Lipinski definition) is 5. The molecule has 0 bridgehead atoms. The standard InChI is InChI=1S/C19H18N2O3/c1-22-14-10-18(23-2)16(19(11-14)24-3)9-8-13-12-20-21-17-7-5-4-6-15(13)17/h4-12H,1-3H3/b9-8-. The summed E-state index contributed by atoms with van der Waals surface area (Å²) in [6, 6.07) is 11.5. The summed E-state index contributed by atoms with van der Waals surface area (Å²) in [4.78, 5) is 0. The van der Waals surface area contributed by atoms with Gasteiger partial charge in [0.25, 0.3) is 0 Å². The Kier molecular flexibility index (Phi) is 4.61. The van der Waals surface area contributed by atoms with Crippen LogP contribution in [-0.4, -0.2) is 31.5 Å². The van der Waals surface area contributed by atoms with Crippen molar-refractivity contribution in [1.29, 1.82) is 0 Å². The number of fused-ring (bicyclic) bond motifs is 1. The van der Waals surface area contributed by atoms with Crippen LogP contribution in [0.15, 0.2) is 42.6 Å². The van der Waals surface area contributed by atoms with Crippen molar-refractivity contribution in [3.63, 3.8) is 0 Å². The average molecular weight is 322 g/mol. The normalized spacial score (nSPS) is 11.0. The Morgan fingerprint density at radius 3 is 2.25 bits per heavy atom. The summed E-state index contributed by atoms with van der Waals surface area (Å²) in [5.41, 5.74) is 2.66. The molecule has 0 aliphatic carbocycles. The van der Waals surface area contributed by atoms with Crippen LogP contribution in [0.4, 0.5) is 0 Å². The zero-order chi connectivity index (χ0) is 16.9. The largest absolute Gasteiger partial charge is 0.496 e. The summed E-state index contributed by atoms with van der Waals surface area (Å²) in [5.74, 6) is 2.03. The molecular weight excluding hydrogens is 304 g/mol. The number of nitrogens with zero attached hydrogens (tertiary/aromatic N) is 2. The predicted molar refractivity (Wildman–Crippen MR) is 94.6 cm³/mol. The molecule has 1 aromatic heterocycles. The van der Waals surface area contributed by atoms with Crippen LogP contribution in [0, 0.1) is 0 Å². The van der Waals surface area contributed by atoms with Crippen LogP contribution in [0.25, 0.3) is 23.1 Å². The van der Waals surface area contributed by atoms with Gasteiger partial charge in [-0.1, -0.05) is 24.3 Å². The van der Waals surface area contributed by atoms with E-state index in [4.69, 9.17) is 14.2 Å². The Morgan fingerprint density at radius 2 is 1.58 bits per heavy atom. The highest BCUT2D eigenvalue weighted by atomic mass is 16.5. The van der Waals surface area contributed by atoms with Gasteiger partial charge in [0.05, 0.1) is 38.6 Å². The van der Waals surface area contributed by atoms with Crippen molar-refractivity contribution >= 4 is 23.1 Å². The molecule has 0 N–H and O–H groups in total. The van der Waals surface area contributed by atoms with Crippen LogP contribution >= 0.6 is 0 Å². The Labute approximate surface area is 140 Å². The average Bonchev–Trinajstić information content (AvgIpc) is 2.65. The summed E-state index contributed by atoms with van der Waals surface area (Å²) in [7, 11) is 4.85. The molecule has 0 spiro atoms. The number of hydrogen-bond donors (Lipinski definition) is 0. The molecule has 1 heterocycles. The Bertz CT molecular complexity index is 860. The smallest absolute Gasteiger partial charge is 0.133 e. The summed E-state index contributed by atoms with van der Waals surface area (Å²) < 4.78 is 16.2. The van der Waals surface area contributed by atoms with E-state index in [-0.39, 0.29) is 0 Å². The van der Waals surface area contributed by atoms with Gasteiger partial charge in [-0.3, -0.25) is 0 Å². The molecule has 3 aromatic rings. The molecule has 5 nitrogen and oxygen atoms in total. The summed E-state index contributed by atoms with van der Waals surface area (Å²) in [5, 5.41) is 9.23. The van der Waals surface area contributed by atoms with Gasteiger partial charge in [0.1, 0.15) is 17.2 Å². The lowest BCUT2D eigenvalue weighted by Crippen LogP contribution is -1.95. The van der Waals surface area contributed by atoms with Crippen molar-refractivity contribution in [2.75, 3.05) is 21.3 Å². The predicted octanol–water partition coefficient (Wildman–Crippen LogP) is 3.83. The van der Waals surface area contributed by atoms with Gasteiger partial charge in [-0.05, 0) is 12.1 Å². The molecule has 2 aromatic carbocycles. The van der Waals surface area contributed by atoms with Crippen molar-refractivity contribution < 1.29 is 14.2 Å².